The molecular formula is C18H21BrO. The Bertz CT molecular complexity index is 572. The van der Waals surface area contributed by atoms with Crippen molar-refractivity contribution < 1.29 is 5.11 Å². The van der Waals surface area contributed by atoms with Gasteiger partial charge in [0.15, 0.2) is 0 Å². The molecule has 2 rings (SSSR count). The third-order valence-corrected chi connectivity index (χ3v) is 4.31. The van der Waals surface area contributed by atoms with Crippen molar-refractivity contribution in [2.75, 3.05) is 0 Å². The van der Waals surface area contributed by atoms with Crippen LogP contribution in [0.1, 0.15) is 42.2 Å². The summed E-state index contributed by atoms with van der Waals surface area (Å²) >= 11 is 3.51. The average molecular weight is 333 g/mol. The van der Waals surface area contributed by atoms with Gasteiger partial charge < -0.3 is 5.11 Å². The first-order valence-electron chi connectivity index (χ1n) is 7.00. The number of halogens is 1. The van der Waals surface area contributed by atoms with E-state index in [4.69, 9.17) is 0 Å². The number of rotatable bonds is 4. The van der Waals surface area contributed by atoms with Gasteiger partial charge in [0.1, 0.15) is 6.10 Å². The normalized spacial score (nSPS) is 12.7. The molecule has 0 amide bonds. The van der Waals surface area contributed by atoms with E-state index in [0.29, 0.717) is 5.92 Å². The zero-order valence-corrected chi connectivity index (χ0v) is 13.8. The quantitative estimate of drug-likeness (QED) is 0.831. The summed E-state index contributed by atoms with van der Waals surface area (Å²) in [6.45, 7) is 6.47. The fourth-order valence-electron chi connectivity index (χ4n) is 2.28. The predicted octanol–water partition coefficient (Wildman–Crippen LogP) is 5.04. The first-order chi connectivity index (χ1) is 9.47. The molecule has 2 heteroatoms. The zero-order chi connectivity index (χ0) is 14.7. The molecule has 0 spiro atoms. The Balaban J connectivity index is 2.20. The molecule has 2 aromatic rings. The lowest BCUT2D eigenvalue weighted by Gasteiger charge is -2.14. The molecule has 0 aliphatic carbocycles. The predicted molar refractivity (Wildman–Crippen MR) is 87.9 cm³/mol. The minimum atomic E-state index is -0.569. The molecular weight excluding hydrogens is 312 g/mol. The molecule has 0 aromatic heterocycles. The summed E-state index contributed by atoms with van der Waals surface area (Å²) in [5.74, 6) is 0.652. The number of hydrogen-bond donors (Lipinski definition) is 1. The minimum absolute atomic E-state index is 0.569. The van der Waals surface area contributed by atoms with Gasteiger partial charge in [-0.2, -0.15) is 0 Å². The molecule has 0 bridgehead atoms. The summed E-state index contributed by atoms with van der Waals surface area (Å²) in [4.78, 5) is 0. The van der Waals surface area contributed by atoms with E-state index in [0.717, 1.165) is 22.0 Å². The highest BCUT2D eigenvalue weighted by Gasteiger charge is 2.11. The van der Waals surface area contributed by atoms with E-state index in [1.807, 2.05) is 37.3 Å². The molecule has 0 heterocycles. The monoisotopic (exact) mass is 332 g/mol. The maximum atomic E-state index is 10.5. The second-order valence-corrected chi connectivity index (χ2v) is 6.61. The number of hydrogen-bond acceptors (Lipinski definition) is 1. The molecule has 0 saturated carbocycles. The second-order valence-electron chi connectivity index (χ2n) is 5.75. The van der Waals surface area contributed by atoms with Crippen LogP contribution in [0.15, 0.2) is 46.9 Å². The average Bonchev–Trinajstić information content (AvgIpc) is 2.41. The van der Waals surface area contributed by atoms with Gasteiger partial charge in [0.25, 0.3) is 0 Å². The summed E-state index contributed by atoms with van der Waals surface area (Å²) < 4.78 is 1.03. The summed E-state index contributed by atoms with van der Waals surface area (Å²) in [6, 6.07) is 14.3. The Hall–Kier alpha value is -1.12. The van der Waals surface area contributed by atoms with Crippen molar-refractivity contribution >= 4 is 15.9 Å². The highest BCUT2D eigenvalue weighted by molar-refractivity contribution is 9.10. The van der Waals surface area contributed by atoms with Crippen LogP contribution >= 0.6 is 15.9 Å². The van der Waals surface area contributed by atoms with Crippen molar-refractivity contribution in [2.45, 2.75) is 33.3 Å². The van der Waals surface area contributed by atoms with E-state index in [9.17, 15) is 5.11 Å². The largest absolute Gasteiger partial charge is 0.384 e. The molecule has 0 saturated heterocycles. The Labute approximate surface area is 129 Å². The van der Waals surface area contributed by atoms with Crippen molar-refractivity contribution in [3.63, 3.8) is 0 Å². The molecule has 106 valence electrons. The second kappa shape index (κ2) is 6.55. The van der Waals surface area contributed by atoms with Gasteiger partial charge in [-0.15, -0.1) is 0 Å². The van der Waals surface area contributed by atoms with Crippen LogP contribution in [-0.2, 0) is 6.42 Å². The first-order valence-corrected chi connectivity index (χ1v) is 7.79. The summed E-state index contributed by atoms with van der Waals surface area (Å²) in [7, 11) is 0. The molecule has 0 radical (unpaired) electrons. The lowest BCUT2D eigenvalue weighted by molar-refractivity contribution is 0.220. The van der Waals surface area contributed by atoms with Crippen LogP contribution in [0.5, 0.6) is 0 Å². The highest BCUT2D eigenvalue weighted by atomic mass is 79.9. The van der Waals surface area contributed by atoms with E-state index in [2.05, 4.69) is 41.9 Å². The topological polar surface area (TPSA) is 20.2 Å². The SMILES string of the molecule is Cc1ccc(C(O)c2ccc(CC(C)C)cc2)cc1Br. The molecule has 1 unspecified atom stereocenters. The molecule has 1 atom stereocenters. The standard InChI is InChI=1S/C18H21BrO/c1-12(2)10-14-5-8-15(9-6-14)18(20)16-7-4-13(3)17(19)11-16/h4-9,11-12,18,20H,10H2,1-3H3. The minimum Gasteiger partial charge on any atom is -0.384 e. The maximum Gasteiger partial charge on any atom is 0.104 e. The van der Waals surface area contributed by atoms with Crippen LogP contribution in [-0.4, -0.2) is 5.11 Å². The molecule has 0 aliphatic heterocycles. The van der Waals surface area contributed by atoms with Crippen LogP contribution in [0.2, 0.25) is 0 Å². The van der Waals surface area contributed by atoms with Crippen molar-refractivity contribution in [2.24, 2.45) is 5.92 Å². The molecule has 0 fully saturated rings. The van der Waals surface area contributed by atoms with Crippen molar-refractivity contribution in [3.8, 4) is 0 Å². The van der Waals surface area contributed by atoms with Crippen LogP contribution < -0.4 is 0 Å². The van der Waals surface area contributed by atoms with Crippen LogP contribution in [0.4, 0.5) is 0 Å². The fourth-order valence-corrected chi connectivity index (χ4v) is 2.68. The molecule has 0 aliphatic rings. The van der Waals surface area contributed by atoms with Gasteiger partial charge in [-0.25, -0.2) is 0 Å². The van der Waals surface area contributed by atoms with E-state index in [-0.39, 0.29) is 0 Å². The van der Waals surface area contributed by atoms with Crippen molar-refractivity contribution in [1.82, 2.24) is 0 Å². The van der Waals surface area contributed by atoms with Crippen LogP contribution in [0.25, 0.3) is 0 Å². The Morgan fingerprint density at radius 2 is 1.60 bits per heavy atom. The molecule has 2 aromatic carbocycles. The number of aryl methyl sites for hydroxylation is 1. The van der Waals surface area contributed by atoms with E-state index >= 15 is 0 Å². The van der Waals surface area contributed by atoms with Gasteiger partial charge in [0.05, 0.1) is 0 Å². The summed E-state index contributed by atoms with van der Waals surface area (Å²) in [5.41, 5.74) is 4.35. The van der Waals surface area contributed by atoms with E-state index in [1.54, 1.807) is 0 Å². The number of aliphatic hydroxyl groups excluding tert-OH is 1. The third kappa shape index (κ3) is 3.71. The van der Waals surface area contributed by atoms with Crippen molar-refractivity contribution in [1.29, 1.82) is 0 Å². The molecule has 1 N–H and O–H groups in total. The highest BCUT2D eigenvalue weighted by Crippen LogP contribution is 2.26. The number of benzene rings is 2. The van der Waals surface area contributed by atoms with Gasteiger partial charge in [-0.3, -0.25) is 0 Å². The molecule has 1 nitrogen and oxygen atoms in total. The lowest BCUT2D eigenvalue weighted by atomic mass is 9.97. The fraction of sp³-hybridized carbons (Fsp3) is 0.333. The summed E-state index contributed by atoms with van der Waals surface area (Å²) in [6.07, 6.45) is 0.506. The van der Waals surface area contributed by atoms with E-state index in [1.165, 1.54) is 11.1 Å². The number of aliphatic hydroxyl groups is 1. The zero-order valence-electron chi connectivity index (χ0n) is 12.2. The Kier molecular flexibility index (Phi) is 5.00. The maximum absolute atomic E-state index is 10.5. The van der Waals surface area contributed by atoms with E-state index < -0.39 is 6.10 Å². The van der Waals surface area contributed by atoms with Gasteiger partial charge >= 0.3 is 0 Å². The Morgan fingerprint density at radius 1 is 1.00 bits per heavy atom. The van der Waals surface area contributed by atoms with Crippen LogP contribution in [0, 0.1) is 12.8 Å². The lowest BCUT2D eigenvalue weighted by Crippen LogP contribution is -2.01. The van der Waals surface area contributed by atoms with Gasteiger partial charge in [0.2, 0.25) is 0 Å². The first kappa shape index (κ1) is 15.3. The van der Waals surface area contributed by atoms with Crippen LogP contribution in [0.3, 0.4) is 0 Å². The third-order valence-electron chi connectivity index (χ3n) is 3.45. The molecule has 20 heavy (non-hydrogen) atoms. The Morgan fingerprint density at radius 3 is 2.15 bits per heavy atom. The van der Waals surface area contributed by atoms with Gasteiger partial charge in [-0.1, -0.05) is 66.2 Å². The summed E-state index contributed by atoms with van der Waals surface area (Å²) in [5, 5.41) is 10.5. The smallest absolute Gasteiger partial charge is 0.104 e. The van der Waals surface area contributed by atoms with Crippen molar-refractivity contribution in [3.05, 3.63) is 69.2 Å². The van der Waals surface area contributed by atoms with Gasteiger partial charge in [0, 0.05) is 4.47 Å². The van der Waals surface area contributed by atoms with Gasteiger partial charge in [-0.05, 0) is 47.6 Å².